The monoisotopic (exact) mass is 423 g/mol. The second kappa shape index (κ2) is 12.6. The van der Waals surface area contributed by atoms with Gasteiger partial charge in [-0.05, 0) is 30.5 Å². The maximum absolute atomic E-state index is 12.8. The Morgan fingerprint density at radius 2 is 1.91 bits per heavy atom. The van der Waals surface area contributed by atoms with Gasteiger partial charge in [-0.15, -0.1) is 24.0 Å². The van der Waals surface area contributed by atoms with Crippen molar-refractivity contribution in [3.63, 3.8) is 0 Å². The lowest BCUT2D eigenvalue weighted by Gasteiger charge is -2.12. The second-order valence-electron chi connectivity index (χ2n) is 5.22. The summed E-state index contributed by atoms with van der Waals surface area (Å²) in [6.45, 7) is 9.71. The van der Waals surface area contributed by atoms with Crippen molar-refractivity contribution in [1.29, 1.82) is 0 Å². The van der Waals surface area contributed by atoms with Gasteiger partial charge < -0.3 is 15.4 Å². The Morgan fingerprint density at radius 1 is 1.23 bits per heavy atom. The van der Waals surface area contributed by atoms with Gasteiger partial charge in [0, 0.05) is 19.7 Å². The Kier molecular flexibility index (Phi) is 12.1. The Balaban J connectivity index is 0.00000441. The van der Waals surface area contributed by atoms with Gasteiger partial charge in [0.25, 0.3) is 0 Å². The molecular weight excluding hydrogens is 396 g/mol. The molecule has 2 N–H and O–H groups in total. The van der Waals surface area contributed by atoms with Crippen molar-refractivity contribution < 1.29 is 9.13 Å². The van der Waals surface area contributed by atoms with Crippen molar-refractivity contribution in [3.05, 3.63) is 35.6 Å². The number of rotatable bonds is 8. The highest BCUT2D eigenvalue weighted by molar-refractivity contribution is 14.0. The minimum absolute atomic E-state index is 0. The van der Waals surface area contributed by atoms with Crippen LogP contribution in [0.5, 0.6) is 0 Å². The van der Waals surface area contributed by atoms with Crippen molar-refractivity contribution in [2.75, 3.05) is 26.3 Å². The fraction of sp³-hybridized carbons (Fsp3) is 0.562. The molecule has 4 nitrogen and oxygen atoms in total. The van der Waals surface area contributed by atoms with E-state index < -0.39 is 0 Å². The van der Waals surface area contributed by atoms with Crippen LogP contribution in [0.4, 0.5) is 4.39 Å². The van der Waals surface area contributed by atoms with Gasteiger partial charge in [0.15, 0.2) is 5.96 Å². The number of guanidine groups is 1. The standard InChI is InChI=1S/C16H26FN3O.HI/c1-4-18-16(19-9-10-21-12-13(2)3)20-11-14-5-7-15(17)8-6-14;/h5-8,13H,4,9-12H2,1-3H3,(H2,18,19,20);1H. The molecular formula is C16H27FIN3O. The third kappa shape index (κ3) is 9.94. The quantitative estimate of drug-likeness (QED) is 0.292. The Bertz CT molecular complexity index is 424. The molecule has 1 rings (SSSR count). The van der Waals surface area contributed by atoms with Crippen LogP contribution in [0.3, 0.4) is 0 Å². The lowest BCUT2D eigenvalue weighted by molar-refractivity contribution is 0.114. The van der Waals surface area contributed by atoms with Gasteiger partial charge in [-0.2, -0.15) is 0 Å². The van der Waals surface area contributed by atoms with Crippen LogP contribution in [-0.4, -0.2) is 32.3 Å². The fourth-order valence-corrected chi connectivity index (χ4v) is 1.66. The predicted octanol–water partition coefficient (Wildman–Crippen LogP) is 3.17. The van der Waals surface area contributed by atoms with Crippen LogP contribution in [0.25, 0.3) is 0 Å². The number of halogens is 2. The Morgan fingerprint density at radius 3 is 2.50 bits per heavy atom. The van der Waals surface area contributed by atoms with Gasteiger partial charge in [0.2, 0.25) is 0 Å². The SMILES string of the molecule is CCNC(=NCc1ccc(F)cc1)NCCOCC(C)C.I. The summed E-state index contributed by atoms with van der Waals surface area (Å²) in [5, 5.41) is 6.39. The highest BCUT2D eigenvalue weighted by atomic mass is 127. The van der Waals surface area contributed by atoms with Gasteiger partial charge in [-0.25, -0.2) is 9.38 Å². The summed E-state index contributed by atoms with van der Waals surface area (Å²) in [5.41, 5.74) is 0.977. The number of nitrogens with one attached hydrogen (secondary N) is 2. The maximum Gasteiger partial charge on any atom is 0.191 e. The summed E-state index contributed by atoms with van der Waals surface area (Å²) >= 11 is 0. The van der Waals surface area contributed by atoms with Crippen LogP contribution >= 0.6 is 24.0 Å². The van der Waals surface area contributed by atoms with Crippen LogP contribution in [0.2, 0.25) is 0 Å². The zero-order chi connectivity index (χ0) is 15.5. The molecule has 1 aromatic rings. The molecule has 0 amide bonds. The van der Waals surface area contributed by atoms with Gasteiger partial charge in [-0.1, -0.05) is 26.0 Å². The topological polar surface area (TPSA) is 45.7 Å². The number of benzene rings is 1. The first-order valence-corrected chi connectivity index (χ1v) is 7.46. The van der Waals surface area contributed by atoms with Gasteiger partial charge >= 0.3 is 0 Å². The summed E-state index contributed by atoms with van der Waals surface area (Å²) in [6.07, 6.45) is 0. The average Bonchev–Trinajstić information content (AvgIpc) is 2.45. The van der Waals surface area contributed by atoms with E-state index in [0.717, 1.165) is 24.7 Å². The molecule has 126 valence electrons. The van der Waals surface area contributed by atoms with Gasteiger partial charge in [0.1, 0.15) is 5.82 Å². The first-order valence-electron chi connectivity index (χ1n) is 7.46. The van der Waals surface area contributed by atoms with Crippen LogP contribution in [0.15, 0.2) is 29.3 Å². The predicted molar refractivity (Wildman–Crippen MR) is 100 cm³/mol. The van der Waals surface area contributed by atoms with E-state index in [1.807, 2.05) is 6.92 Å². The lowest BCUT2D eigenvalue weighted by atomic mass is 10.2. The zero-order valence-electron chi connectivity index (χ0n) is 13.6. The van der Waals surface area contributed by atoms with Crippen LogP contribution in [0, 0.1) is 11.7 Å². The van der Waals surface area contributed by atoms with Gasteiger partial charge in [0.05, 0.1) is 13.2 Å². The number of hydrogen-bond acceptors (Lipinski definition) is 2. The summed E-state index contributed by atoms with van der Waals surface area (Å²) in [4.78, 5) is 4.46. The van der Waals surface area contributed by atoms with E-state index in [4.69, 9.17) is 4.74 Å². The summed E-state index contributed by atoms with van der Waals surface area (Å²) < 4.78 is 18.3. The molecule has 0 aliphatic rings. The molecule has 0 aliphatic heterocycles. The summed E-state index contributed by atoms with van der Waals surface area (Å²) in [7, 11) is 0. The van der Waals surface area contributed by atoms with E-state index in [2.05, 4.69) is 29.5 Å². The second-order valence-corrected chi connectivity index (χ2v) is 5.22. The molecule has 0 saturated carbocycles. The third-order valence-electron chi connectivity index (χ3n) is 2.67. The summed E-state index contributed by atoms with van der Waals surface area (Å²) in [6, 6.07) is 6.39. The van der Waals surface area contributed by atoms with E-state index in [9.17, 15) is 4.39 Å². The highest BCUT2D eigenvalue weighted by Crippen LogP contribution is 2.03. The van der Waals surface area contributed by atoms with Crippen molar-refractivity contribution >= 4 is 29.9 Å². The van der Waals surface area contributed by atoms with Gasteiger partial charge in [-0.3, -0.25) is 0 Å². The molecule has 0 aliphatic carbocycles. The number of aliphatic imine (C=N–C) groups is 1. The minimum Gasteiger partial charge on any atom is -0.379 e. The molecule has 0 radical (unpaired) electrons. The molecule has 0 atom stereocenters. The first kappa shape index (κ1) is 21.1. The fourth-order valence-electron chi connectivity index (χ4n) is 1.66. The molecule has 1 aromatic carbocycles. The van der Waals surface area contributed by atoms with E-state index in [1.54, 1.807) is 12.1 Å². The van der Waals surface area contributed by atoms with E-state index in [-0.39, 0.29) is 29.8 Å². The van der Waals surface area contributed by atoms with Crippen LogP contribution in [0.1, 0.15) is 26.3 Å². The van der Waals surface area contributed by atoms with Crippen LogP contribution in [-0.2, 0) is 11.3 Å². The molecule has 0 aromatic heterocycles. The maximum atomic E-state index is 12.8. The Labute approximate surface area is 149 Å². The van der Waals surface area contributed by atoms with E-state index in [0.29, 0.717) is 25.6 Å². The number of ether oxygens (including phenoxy) is 1. The first-order chi connectivity index (χ1) is 10.1. The number of hydrogen-bond donors (Lipinski definition) is 2. The van der Waals surface area contributed by atoms with E-state index >= 15 is 0 Å². The highest BCUT2D eigenvalue weighted by Gasteiger charge is 1.99. The molecule has 6 heteroatoms. The zero-order valence-corrected chi connectivity index (χ0v) is 15.9. The molecule has 0 heterocycles. The smallest absolute Gasteiger partial charge is 0.191 e. The largest absolute Gasteiger partial charge is 0.379 e. The molecule has 0 saturated heterocycles. The van der Waals surface area contributed by atoms with Crippen molar-refractivity contribution in [1.82, 2.24) is 10.6 Å². The van der Waals surface area contributed by atoms with E-state index in [1.165, 1.54) is 12.1 Å². The lowest BCUT2D eigenvalue weighted by Crippen LogP contribution is -2.39. The number of nitrogens with zero attached hydrogens (tertiary/aromatic N) is 1. The molecule has 0 spiro atoms. The normalized spacial score (nSPS) is 11.2. The molecule has 22 heavy (non-hydrogen) atoms. The molecule has 0 bridgehead atoms. The Hall–Kier alpha value is -0.890. The van der Waals surface area contributed by atoms with Crippen LogP contribution < -0.4 is 10.6 Å². The minimum atomic E-state index is -0.227. The van der Waals surface area contributed by atoms with Crippen molar-refractivity contribution in [2.45, 2.75) is 27.3 Å². The summed E-state index contributed by atoms with van der Waals surface area (Å²) in [5.74, 6) is 1.07. The van der Waals surface area contributed by atoms with Crippen molar-refractivity contribution in [2.24, 2.45) is 10.9 Å². The third-order valence-corrected chi connectivity index (χ3v) is 2.67. The average molecular weight is 423 g/mol. The molecule has 0 unspecified atom stereocenters. The molecule has 0 fully saturated rings. The van der Waals surface area contributed by atoms with Crippen molar-refractivity contribution in [3.8, 4) is 0 Å².